The van der Waals surface area contributed by atoms with Crippen molar-refractivity contribution in [2.75, 3.05) is 0 Å². The molecule has 0 spiro atoms. The first-order valence-electron chi connectivity index (χ1n) is 4.58. The van der Waals surface area contributed by atoms with Gasteiger partial charge in [-0.2, -0.15) is 0 Å². The number of aromatic carboxylic acids is 1. The lowest BCUT2D eigenvalue weighted by molar-refractivity contribution is 0.0656. The van der Waals surface area contributed by atoms with E-state index in [1.165, 1.54) is 17.8 Å². The van der Waals surface area contributed by atoms with Gasteiger partial charge in [-0.15, -0.1) is 0 Å². The number of furan rings is 1. The highest BCUT2D eigenvalue weighted by atomic mass is 32.2. The van der Waals surface area contributed by atoms with Gasteiger partial charge in [0, 0.05) is 24.7 Å². The van der Waals surface area contributed by atoms with Crippen molar-refractivity contribution >= 4 is 17.7 Å². The van der Waals surface area contributed by atoms with Gasteiger partial charge < -0.3 is 14.1 Å². The van der Waals surface area contributed by atoms with Crippen LogP contribution in [0, 0.1) is 0 Å². The van der Waals surface area contributed by atoms with Crippen LogP contribution in [0.15, 0.2) is 34.2 Å². The third-order valence-corrected chi connectivity index (χ3v) is 3.01. The number of hydrogen-bond acceptors (Lipinski definition) is 4. The first kappa shape index (κ1) is 10.8. The fourth-order valence-electron chi connectivity index (χ4n) is 1.18. The minimum absolute atomic E-state index is 0.0347. The minimum Gasteiger partial charge on any atom is -0.475 e. The molecular weight excluding hydrogens is 228 g/mol. The predicted octanol–water partition coefficient (Wildman–Crippen LogP) is 2.00. The van der Waals surface area contributed by atoms with Gasteiger partial charge in [0.15, 0.2) is 5.09 Å². The summed E-state index contributed by atoms with van der Waals surface area (Å²) in [5, 5.41) is 9.27. The van der Waals surface area contributed by atoms with Gasteiger partial charge in [0.25, 0.3) is 0 Å². The summed E-state index contributed by atoms with van der Waals surface area (Å²) in [6, 6.07) is 3.11. The molecule has 0 saturated heterocycles. The summed E-state index contributed by atoms with van der Waals surface area (Å²) in [5.74, 6) is -0.386. The monoisotopic (exact) mass is 238 g/mol. The summed E-state index contributed by atoms with van der Waals surface area (Å²) >= 11 is 1.44. The number of thioether (sulfide) groups is 1. The summed E-state index contributed by atoms with van der Waals surface area (Å²) in [4.78, 5) is 14.6. The average Bonchev–Trinajstić information content (AvgIpc) is 2.83. The number of aromatic nitrogens is 2. The summed E-state index contributed by atoms with van der Waals surface area (Å²) in [6.45, 7) is 0. The highest BCUT2D eigenvalue weighted by Gasteiger charge is 2.09. The van der Waals surface area contributed by atoms with Crippen LogP contribution in [-0.2, 0) is 12.8 Å². The van der Waals surface area contributed by atoms with Crippen LogP contribution in [0.5, 0.6) is 0 Å². The molecule has 0 amide bonds. The van der Waals surface area contributed by atoms with Crippen molar-refractivity contribution < 1.29 is 14.3 Å². The smallest absolute Gasteiger partial charge is 0.371 e. The van der Waals surface area contributed by atoms with Crippen molar-refractivity contribution in [1.82, 2.24) is 9.55 Å². The van der Waals surface area contributed by atoms with E-state index in [2.05, 4.69) is 4.98 Å². The van der Waals surface area contributed by atoms with Crippen LogP contribution in [0.1, 0.15) is 16.2 Å². The number of carbonyl (C=O) groups is 1. The lowest BCUT2D eigenvalue weighted by atomic mass is 10.5. The molecule has 0 fully saturated rings. The Balaban J connectivity index is 2.00. The van der Waals surface area contributed by atoms with Gasteiger partial charge in [0.2, 0.25) is 5.76 Å². The Morgan fingerprint density at radius 1 is 1.62 bits per heavy atom. The van der Waals surface area contributed by atoms with Gasteiger partial charge in [-0.05, 0) is 12.1 Å². The molecule has 5 nitrogen and oxygen atoms in total. The molecule has 0 aromatic carbocycles. The Bertz CT molecular complexity index is 504. The number of hydrogen-bond donors (Lipinski definition) is 1. The van der Waals surface area contributed by atoms with Gasteiger partial charge in [-0.1, -0.05) is 11.8 Å². The molecule has 0 bridgehead atoms. The standard InChI is InChI=1S/C10H10N2O3S/c1-12-6-11-4-7(12)5-16-9-3-2-8(15-9)10(13)14/h2-4,6H,5H2,1H3,(H,13,14). The summed E-state index contributed by atoms with van der Waals surface area (Å²) in [7, 11) is 1.91. The molecule has 0 radical (unpaired) electrons. The SMILES string of the molecule is Cn1cncc1CSc1ccc(C(=O)O)o1. The maximum absolute atomic E-state index is 10.6. The third kappa shape index (κ3) is 2.27. The minimum atomic E-state index is -1.05. The largest absolute Gasteiger partial charge is 0.475 e. The molecule has 84 valence electrons. The Labute approximate surface area is 96.1 Å². The molecule has 2 heterocycles. The number of carboxylic acids is 1. The topological polar surface area (TPSA) is 68.3 Å². The molecule has 0 unspecified atom stereocenters. The average molecular weight is 238 g/mol. The molecule has 1 N–H and O–H groups in total. The third-order valence-electron chi connectivity index (χ3n) is 2.07. The van der Waals surface area contributed by atoms with Crippen LogP contribution in [0.4, 0.5) is 0 Å². The zero-order valence-electron chi connectivity index (χ0n) is 8.58. The fourth-order valence-corrected chi connectivity index (χ4v) is 2.06. The van der Waals surface area contributed by atoms with E-state index < -0.39 is 5.97 Å². The zero-order valence-corrected chi connectivity index (χ0v) is 9.40. The van der Waals surface area contributed by atoms with Crippen molar-refractivity contribution in [3.63, 3.8) is 0 Å². The van der Waals surface area contributed by atoms with Crippen molar-refractivity contribution in [2.24, 2.45) is 7.05 Å². The number of nitrogens with zero attached hydrogens (tertiary/aromatic N) is 2. The van der Waals surface area contributed by atoms with Crippen molar-refractivity contribution in [3.05, 3.63) is 36.1 Å². The second-order valence-electron chi connectivity index (χ2n) is 3.21. The first-order chi connectivity index (χ1) is 7.66. The van der Waals surface area contributed by atoms with Crippen LogP contribution in [0.2, 0.25) is 0 Å². The predicted molar refractivity (Wildman–Crippen MR) is 58.4 cm³/mol. The maximum atomic E-state index is 10.6. The van der Waals surface area contributed by atoms with E-state index in [1.807, 2.05) is 11.6 Å². The molecule has 0 aliphatic heterocycles. The van der Waals surface area contributed by atoms with E-state index in [1.54, 1.807) is 18.6 Å². The quantitative estimate of drug-likeness (QED) is 0.825. The molecule has 0 aliphatic rings. The molecule has 0 aliphatic carbocycles. The highest BCUT2D eigenvalue weighted by Crippen LogP contribution is 2.24. The molecule has 2 aromatic rings. The van der Waals surface area contributed by atoms with E-state index in [9.17, 15) is 4.79 Å². The second-order valence-corrected chi connectivity index (χ2v) is 4.19. The molecule has 0 saturated carbocycles. The van der Waals surface area contributed by atoms with Crippen LogP contribution in [-0.4, -0.2) is 20.6 Å². The summed E-state index contributed by atoms with van der Waals surface area (Å²) in [6.07, 6.45) is 3.49. The lowest BCUT2D eigenvalue weighted by Gasteiger charge is -1.99. The number of imidazole rings is 1. The van der Waals surface area contributed by atoms with E-state index in [0.717, 1.165) is 5.69 Å². The van der Waals surface area contributed by atoms with Crippen LogP contribution in [0.3, 0.4) is 0 Å². The molecular formula is C10H10N2O3S. The zero-order chi connectivity index (χ0) is 11.5. The van der Waals surface area contributed by atoms with Gasteiger partial charge >= 0.3 is 5.97 Å². The van der Waals surface area contributed by atoms with Crippen LogP contribution >= 0.6 is 11.8 Å². The van der Waals surface area contributed by atoms with Crippen molar-refractivity contribution in [2.45, 2.75) is 10.8 Å². The van der Waals surface area contributed by atoms with E-state index >= 15 is 0 Å². The van der Waals surface area contributed by atoms with Crippen LogP contribution in [0.25, 0.3) is 0 Å². The van der Waals surface area contributed by atoms with E-state index in [4.69, 9.17) is 9.52 Å². The molecule has 2 aromatic heterocycles. The number of aryl methyl sites for hydroxylation is 1. The Hall–Kier alpha value is -1.69. The van der Waals surface area contributed by atoms with Gasteiger partial charge in [0.1, 0.15) is 0 Å². The Morgan fingerprint density at radius 2 is 2.44 bits per heavy atom. The summed E-state index contributed by atoms with van der Waals surface area (Å²) in [5.41, 5.74) is 1.05. The van der Waals surface area contributed by atoms with Crippen LogP contribution < -0.4 is 0 Å². The lowest BCUT2D eigenvalue weighted by Crippen LogP contribution is -1.92. The number of carboxylic acid groups (broad SMARTS) is 1. The van der Waals surface area contributed by atoms with Crippen molar-refractivity contribution in [3.8, 4) is 0 Å². The summed E-state index contributed by atoms with van der Waals surface area (Å²) < 4.78 is 7.03. The molecule has 0 atom stereocenters. The Morgan fingerprint density at radius 3 is 3.00 bits per heavy atom. The van der Waals surface area contributed by atoms with Gasteiger partial charge in [-0.3, -0.25) is 0 Å². The number of rotatable bonds is 4. The van der Waals surface area contributed by atoms with E-state index in [-0.39, 0.29) is 5.76 Å². The van der Waals surface area contributed by atoms with Gasteiger partial charge in [0.05, 0.1) is 6.33 Å². The molecule has 6 heteroatoms. The molecule has 16 heavy (non-hydrogen) atoms. The molecule has 2 rings (SSSR count). The van der Waals surface area contributed by atoms with Crippen molar-refractivity contribution in [1.29, 1.82) is 0 Å². The maximum Gasteiger partial charge on any atom is 0.371 e. The van der Waals surface area contributed by atoms with E-state index in [0.29, 0.717) is 10.8 Å². The second kappa shape index (κ2) is 4.44. The Kier molecular flexibility index (Phi) is 3.00. The first-order valence-corrected chi connectivity index (χ1v) is 5.56. The fraction of sp³-hybridized carbons (Fsp3) is 0.200. The highest BCUT2D eigenvalue weighted by molar-refractivity contribution is 7.98. The normalized spacial score (nSPS) is 10.6. The van der Waals surface area contributed by atoms with Gasteiger partial charge in [-0.25, -0.2) is 9.78 Å².